The Morgan fingerprint density at radius 1 is 1.62 bits per heavy atom. The Bertz CT molecular complexity index is 401. The second kappa shape index (κ2) is 4.90. The molecule has 1 aliphatic rings. The molecule has 1 aliphatic heterocycles. The monoisotopic (exact) mass is 218 g/mol. The normalized spacial score (nSPS) is 20.5. The zero-order valence-corrected chi connectivity index (χ0v) is 9.26. The molecule has 0 spiro atoms. The van der Waals surface area contributed by atoms with Crippen LogP contribution < -0.4 is 4.90 Å². The molecule has 1 unspecified atom stereocenters. The number of hydrogen-bond acceptors (Lipinski definition) is 5. The molecule has 0 aliphatic carbocycles. The van der Waals surface area contributed by atoms with Gasteiger partial charge < -0.3 is 9.64 Å². The summed E-state index contributed by atoms with van der Waals surface area (Å²) in [6.07, 6.45) is 4.00. The molecule has 0 radical (unpaired) electrons. The molecule has 1 aromatic rings. The molecular formula is C11H14N4O. The van der Waals surface area contributed by atoms with E-state index in [0.29, 0.717) is 11.6 Å². The van der Waals surface area contributed by atoms with Crippen molar-refractivity contribution in [3.63, 3.8) is 0 Å². The van der Waals surface area contributed by atoms with Crippen LogP contribution in [0.25, 0.3) is 0 Å². The molecule has 2 rings (SSSR count). The van der Waals surface area contributed by atoms with Gasteiger partial charge in [0.2, 0.25) is 5.95 Å². The van der Waals surface area contributed by atoms with Gasteiger partial charge in [0.15, 0.2) is 0 Å². The van der Waals surface area contributed by atoms with Gasteiger partial charge in [-0.25, -0.2) is 9.97 Å². The minimum absolute atomic E-state index is 0.239. The quantitative estimate of drug-likeness (QED) is 0.740. The second-order valence-corrected chi connectivity index (χ2v) is 3.80. The van der Waals surface area contributed by atoms with Gasteiger partial charge in [-0.1, -0.05) is 0 Å². The molecule has 5 nitrogen and oxygen atoms in total. The summed E-state index contributed by atoms with van der Waals surface area (Å²) < 4.78 is 5.34. The van der Waals surface area contributed by atoms with Gasteiger partial charge in [-0.2, -0.15) is 5.26 Å². The molecule has 0 saturated carbocycles. The van der Waals surface area contributed by atoms with Crippen LogP contribution in [0, 0.1) is 11.3 Å². The maximum absolute atomic E-state index is 8.78. The highest BCUT2D eigenvalue weighted by Gasteiger charge is 2.21. The van der Waals surface area contributed by atoms with E-state index in [9.17, 15) is 0 Å². The molecule has 0 aromatic carbocycles. The smallest absolute Gasteiger partial charge is 0.226 e. The zero-order valence-electron chi connectivity index (χ0n) is 9.26. The van der Waals surface area contributed by atoms with Gasteiger partial charge in [0.25, 0.3) is 0 Å². The minimum Gasteiger partial charge on any atom is -0.380 e. The average molecular weight is 218 g/mol. The number of anilines is 1. The number of hydrogen-bond donors (Lipinski definition) is 0. The Hall–Kier alpha value is -1.67. The first-order chi connectivity index (χ1) is 7.83. The van der Waals surface area contributed by atoms with E-state index in [1.807, 2.05) is 6.07 Å². The van der Waals surface area contributed by atoms with Crippen LogP contribution in [0.5, 0.6) is 0 Å². The number of methoxy groups -OCH3 is 1. The fourth-order valence-electron chi connectivity index (χ4n) is 1.88. The predicted molar refractivity (Wildman–Crippen MR) is 59.0 cm³/mol. The van der Waals surface area contributed by atoms with Crippen molar-refractivity contribution in [1.82, 2.24) is 9.97 Å². The summed E-state index contributed by atoms with van der Waals surface area (Å²) in [7, 11) is 1.72. The van der Waals surface area contributed by atoms with Crippen molar-refractivity contribution in [1.29, 1.82) is 5.26 Å². The number of aromatic nitrogens is 2. The molecule has 5 heteroatoms. The van der Waals surface area contributed by atoms with Gasteiger partial charge in [0, 0.05) is 26.4 Å². The van der Waals surface area contributed by atoms with Crippen LogP contribution in [0.2, 0.25) is 0 Å². The van der Waals surface area contributed by atoms with Crippen LogP contribution in [0.15, 0.2) is 12.3 Å². The van der Waals surface area contributed by atoms with Gasteiger partial charge >= 0.3 is 0 Å². The van der Waals surface area contributed by atoms with Gasteiger partial charge in [-0.05, 0) is 18.9 Å². The number of nitrogens with zero attached hydrogens (tertiary/aromatic N) is 4. The molecule has 16 heavy (non-hydrogen) atoms. The van der Waals surface area contributed by atoms with E-state index >= 15 is 0 Å². The topological polar surface area (TPSA) is 62.0 Å². The maximum atomic E-state index is 8.78. The first kappa shape index (κ1) is 10.8. The van der Waals surface area contributed by atoms with Crippen LogP contribution in [0.1, 0.15) is 18.5 Å². The maximum Gasteiger partial charge on any atom is 0.226 e. The molecule has 1 fully saturated rings. The van der Waals surface area contributed by atoms with E-state index in [1.54, 1.807) is 19.4 Å². The highest BCUT2D eigenvalue weighted by Crippen LogP contribution is 2.17. The van der Waals surface area contributed by atoms with Crippen LogP contribution in [0.3, 0.4) is 0 Å². The standard InChI is InChI=1S/C11H14N4O/c1-16-10-3-2-6-15(8-10)11-13-5-4-9(7-12)14-11/h4-5,10H,2-3,6,8H2,1H3. The third-order valence-electron chi connectivity index (χ3n) is 2.75. The third kappa shape index (κ3) is 2.28. The van der Waals surface area contributed by atoms with Crippen molar-refractivity contribution in [2.75, 3.05) is 25.1 Å². The average Bonchev–Trinajstić information content (AvgIpc) is 2.39. The molecule has 1 saturated heterocycles. The highest BCUT2D eigenvalue weighted by atomic mass is 16.5. The van der Waals surface area contributed by atoms with Crippen LogP contribution in [-0.2, 0) is 4.74 Å². The first-order valence-electron chi connectivity index (χ1n) is 5.34. The lowest BCUT2D eigenvalue weighted by Crippen LogP contribution is -2.40. The Morgan fingerprint density at radius 3 is 3.25 bits per heavy atom. The summed E-state index contributed by atoms with van der Waals surface area (Å²) in [5.41, 5.74) is 0.407. The van der Waals surface area contributed by atoms with Gasteiger partial charge in [0.1, 0.15) is 11.8 Å². The van der Waals surface area contributed by atoms with E-state index in [2.05, 4.69) is 14.9 Å². The van der Waals surface area contributed by atoms with Gasteiger partial charge in [-0.15, -0.1) is 0 Å². The molecule has 1 atom stereocenters. The lowest BCUT2D eigenvalue weighted by atomic mass is 10.1. The third-order valence-corrected chi connectivity index (χ3v) is 2.75. The summed E-state index contributed by atoms with van der Waals surface area (Å²) in [5, 5.41) is 8.78. The van der Waals surface area contributed by atoms with Crippen molar-refractivity contribution >= 4 is 5.95 Å². The second-order valence-electron chi connectivity index (χ2n) is 3.80. The van der Waals surface area contributed by atoms with Crippen molar-refractivity contribution in [2.24, 2.45) is 0 Å². The van der Waals surface area contributed by atoms with Crippen molar-refractivity contribution < 1.29 is 4.74 Å². The van der Waals surface area contributed by atoms with E-state index in [0.717, 1.165) is 25.9 Å². The number of nitriles is 1. The molecule has 2 heterocycles. The fourth-order valence-corrected chi connectivity index (χ4v) is 1.88. The number of ether oxygens (including phenoxy) is 1. The Labute approximate surface area is 94.7 Å². The Morgan fingerprint density at radius 2 is 2.50 bits per heavy atom. The lowest BCUT2D eigenvalue weighted by molar-refractivity contribution is 0.0889. The summed E-state index contributed by atoms with van der Waals surface area (Å²) in [5.74, 6) is 0.626. The number of piperidine rings is 1. The van der Waals surface area contributed by atoms with E-state index < -0.39 is 0 Å². The molecule has 0 amide bonds. The predicted octanol–water partition coefficient (Wildman–Crippen LogP) is 0.963. The van der Waals surface area contributed by atoms with Gasteiger partial charge in [-0.3, -0.25) is 0 Å². The summed E-state index contributed by atoms with van der Waals surface area (Å²) >= 11 is 0. The minimum atomic E-state index is 0.239. The highest BCUT2D eigenvalue weighted by molar-refractivity contribution is 5.34. The van der Waals surface area contributed by atoms with Crippen LogP contribution >= 0.6 is 0 Å². The Balaban J connectivity index is 2.14. The van der Waals surface area contributed by atoms with Crippen LogP contribution in [-0.4, -0.2) is 36.3 Å². The lowest BCUT2D eigenvalue weighted by Gasteiger charge is -2.31. The van der Waals surface area contributed by atoms with E-state index in [4.69, 9.17) is 10.00 Å². The van der Waals surface area contributed by atoms with Crippen molar-refractivity contribution in [3.05, 3.63) is 18.0 Å². The zero-order chi connectivity index (χ0) is 11.4. The summed E-state index contributed by atoms with van der Waals surface area (Å²) in [6.45, 7) is 1.72. The molecule has 0 N–H and O–H groups in total. The van der Waals surface area contributed by atoms with Crippen LogP contribution in [0.4, 0.5) is 5.95 Å². The molecular weight excluding hydrogens is 204 g/mol. The summed E-state index contributed by atoms with van der Waals surface area (Å²) in [4.78, 5) is 10.4. The molecule has 1 aromatic heterocycles. The van der Waals surface area contributed by atoms with E-state index in [-0.39, 0.29) is 6.10 Å². The first-order valence-corrected chi connectivity index (χ1v) is 5.34. The SMILES string of the molecule is COC1CCCN(c2nccc(C#N)n2)C1. The molecule has 84 valence electrons. The largest absolute Gasteiger partial charge is 0.380 e. The van der Waals surface area contributed by atoms with E-state index in [1.165, 1.54) is 0 Å². The Kier molecular flexibility index (Phi) is 3.32. The van der Waals surface area contributed by atoms with Crippen molar-refractivity contribution in [3.8, 4) is 6.07 Å². The van der Waals surface area contributed by atoms with Crippen molar-refractivity contribution in [2.45, 2.75) is 18.9 Å². The van der Waals surface area contributed by atoms with Gasteiger partial charge in [0.05, 0.1) is 6.10 Å². The molecule has 0 bridgehead atoms. The fraction of sp³-hybridized carbons (Fsp3) is 0.545. The summed E-state index contributed by atoms with van der Waals surface area (Å²) in [6, 6.07) is 3.63. The number of rotatable bonds is 2.